The van der Waals surface area contributed by atoms with Crippen LogP contribution in [0.1, 0.15) is 0 Å². The van der Waals surface area contributed by atoms with E-state index in [1.165, 1.54) is 32.3 Å². The molecule has 0 unspecified atom stereocenters. The Morgan fingerprint density at radius 3 is 2.42 bits per heavy atom. The number of anilines is 1. The van der Waals surface area contributed by atoms with Crippen LogP contribution in [0.3, 0.4) is 0 Å². The molecule has 0 amide bonds. The Morgan fingerprint density at radius 1 is 1.17 bits per heavy atom. The molecule has 2 aromatic rings. The molecule has 1 N–H and O–H groups in total. The molecule has 0 atom stereocenters. The minimum absolute atomic E-state index is 0.196. The number of ether oxygens (including phenoxy) is 1. The summed E-state index contributed by atoms with van der Waals surface area (Å²) in [6.45, 7) is 0.679. The number of hydrogen-bond donors (Lipinski definition) is 1. The Morgan fingerprint density at radius 2 is 1.83 bits per heavy atom. The predicted molar refractivity (Wildman–Crippen MR) is 92.7 cm³/mol. The molecule has 0 fully saturated rings. The van der Waals surface area contributed by atoms with Gasteiger partial charge in [0.15, 0.2) is 0 Å². The van der Waals surface area contributed by atoms with Gasteiger partial charge in [0.25, 0.3) is 0 Å². The summed E-state index contributed by atoms with van der Waals surface area (Å²) in [5.41, 5.74) is 0.343. The van der Waals surface area contributed by atoms with E-state index in [9.17, 15) is 12.8 Å². The first-order valence-corrected chi connectivity index (χ1v) is 8.97. The van der Waals surface area contributed by atoms with Gasteiger partial charge in [0, 0.05) is 25.7 Å². The van der Waals surface area contributed by atoms with Crippen LogP contribution in [-0.2, 0) is 10.0 Å². The van der Waals surface area contributed by atoms with Gasteiger partial charge in [-0.15, -0.1) is 0 Å². The van der Waals surface area contributed by atoms with Crippen LogP contribution in [0.5, 0.6) is 5.75 Å². The summed E-state index contributed by atoms with van der Waals surface area (Å²) in [5.74, 6) is 0.104. The van der Waals surface area contributed by atoms with Gasteiger partial charge in [0.2, 0.25) is 10.0 Å². The second-order valence-corrected chi connectivity index (χ2v) is 7.75. The molecule has 8 heteroatoms. The average Bonchev–Trinajstić information content (AvgIpc) is 2.53. The normalized spacial score (nSPS) is 11.5. The summed E-state index contributed by atoms with van der Waals surface area (Å²) in [6.07, 6.45) is 0. The maximum Gasteiger partial charge on any atom is 0.242 e. The van der Waals surface area contributed by atoms with Crippen molar-refractivity contribution in [1.82, 2.24) is 4.31 Å². The van der Waals surface area contributed by atoms with Crippen molar-refractivity contribution in [2.45, 2.75) is 4.90 Å². The van der Waals surface area contributed by atoms with E-state index in [0.29, 0.717) is 29.6 Å². The van der Waals surface area contributed by atoms with Crippen molar-refractivity contribution >= 4 is 27.3 Å². The van der Waals surface area contributed by atoms with E-state index in [-0.39, 0.29) is 4.90 Å². The lowest BCUT2D eigenvalue weighted by atomic mass is 10.3. The summed E-state index contributed by atoms with van der Waals surface area (Å²) in [4.78, 5) is 0.196. The third kappa shape index (κ3) is 4.59. The van der Waals surface area contributed by atoms with Crippen molar-refractivity contribution in [1.29, 1.82) is 0 Å². The van der Waals surface area contributed by atoms with Crippen molar-refractivity contribution in [3.63, 3.8) is 0 Å². The Hall–Kier alpha value is -1.83. The van der Waals surface area contributed by atoms with Gasteiger partial charge in [-0.2, -0.15) is 0 Å². The molecule has 0 aliphatic carbocycles. The van der Waals surface area contributed by atoms with Gasteiger partial charge in [0.1, 0.15) is 18.2 Å². The van der Waals surface area contributed by atoms with Crippen LogP contribution in [-0.4, -0.2) is 40.0 Å². The molecule has 130 valence electrons. The van der Waals surface area contributed by atoms with Gasteiger partial charge in [-0.05, 0) is 42.5 Å². The molecule has 0 aliphatic rings. The fourth-order valence-corrected chi connectivity index (χ4v) is 2.97. The number of nitrogens with one attached hydrogen (secondary N) is 1. The van der Waals surface area contributed by atoms with E-state index in [1.54, 1.807) is 24.3 Å². The summed E-state index contributed by atoms with van der Waals surface area (Å²) < 4.78 is 44.1. The number of sulfonamides is 1. The van der Waals surface area contributed by atoms with Gasteiger partial charge in [-0.1, -0.05) is 11.6 Å². The zero-order valence-corrected chi connectivity index (χ0v) is 14.9. The van der Waals surface area contributed by atoms with E-state index < -0.39 is 15.8 Å². The number of rotatable bonds is 7. The molecular weight excluding hydrogens is 355 g/mol. The maximum absolute atomic E-state index is 13.6. The van der Waals surface area contributed by atoms with Gasteiger partial charge >= 0.3 is 0 Å². The number of benzene rings is 2. The minimum Gasteiger partial charge on any atom is -0.492 e. The molecule has 0 saturated carbocycles. The highest BCUT2D eigenvalue weighted by Crippen LogP contribution is 2.19. The molecule has 0 aliphatic heterocycles. The highest BCUT2D eigenvalue weighted by Gasteiger charge is 2.16. The zero-order chi connectivity index (χ0) is 17.7. The van der Waals surface area contributed by atoms with E-state index in [2.05, 4.69) is 5.32 Å². The van der Waals surface area contributed by atoms with Gasteiger partial charge in [-0.25, -0.2) is 17.1 Å². The molecule has 0 radical (unpaired) electrons. The minimum atomic E-state index is -3.45. The van der Waals surface area contributed by atoms with Crippen LogP contribution in [0, 0.1) is 5.82 Å². The highest BCUT2D eigenvalue weighted by molar-refractivity contribution is 7.89. The van der Waals surface area contributed by atoms with Gasteiger partial charge < -0.3 is 10.1 Å². The SMILES string of the molecule is CN(C)S(=O)(=O)c1ccc(OCCNc2ccc(Cl)cc2F)cc1. The first-order chi connectivity index (χ1) is 11.3. The third-order valence-electron chi connectivity index (χ3n) is 3.22. The van der Waals surface area contributed by atoms with Crippen molar-refractivity contribution in [2.24, 2.45) is 0 Å². The van der Waals surface area contributed by atoms with Crippen molar-refractivity contribution in [3.8, 4) is 5.75 Å². The van der Waals surface area contributed by atoms with E-state index in [4.69, 9.17) is 16.3 Å². The summed E-state index contributed by atoms with van der Waals surface area (Å²) in [6, 6.07) is 10.5. The number of nitrogens with zero attached hydrogens (tertiary/aromatic N) is 1. The van der Waals surface area contributed by atoms with Crippen LogP contribution in [0.2, 0.25) is 5.02 Å². The summed E-state index contributed by atoms with van der Waals surface area (Å²) in [7, 11) is -0.503. The maximum atomic E-state index is 13.6. The molecule has 0 spiro atoms. The van der Waals surface area contributed by atoms with Crippen LogP contribution < -0.4 is 10.1 Å². The van der Waals surface area contributed by atoms with Gasteiger partial charge in [0.05, 0.1) is 10.6 Å². The standard InChI is InChI=1S/C16H18ClFN2O3S/c1-20(2)24(21,22)14-6-4-13(5-7-14)23-10-9-19-16-8-3-12(17)11-15(16)18/h3-8,11,19H,9-10H2,1-2H3. The van der Waals surface area contributed by atoms with E-state index >= 15 is 0 Å². The Bertz CT molecular complexity index is 795. The van der Waals surface area contributed by atoms with Crippen LogP contribution >= 0.6 is 11.6 Å². The van der Waals surface area contributed by atoms with Crippen LogP contribution in [0.25, 0.3) is 0 Å². The number of hydrogen-bond acceptors (Lipinski definition) is 4. The predicted octanol–water partition coefficient (Wildman–Crippen LogP) is 3.22. The van der Waals surface area contributed by atoms with Gasteiger partial charge in [-0.3, -0.25) is 0 Å². The lowest BCUT2D eigenvalue weighted by Gasteiger charge is -2.12. The average molecular weight is 373 g/mol. The second kappa shape index (κ2) is 7.83. The largest absolute Gasteiger partial charge is 0.492 e. The van der Waals surface area contributed by atoms with Crippen LogP contribution in [0.4, 0.5) is 10.1 Å². The van der Waals surface area contributed by atoms with Crippen molar-refractivity contribution < 1.29 is 17.5 Å². The lowest BCUT2D eigenvalue weighted by Crippen LogP contribution is -2.22. The number of halogens is 2. The highest BCUT2D eigenvalue weighted by atomic mass is 35.5. The molecule has 0 heterocycles. The monoisotopic (exact) mass is 372 g/mol. The van der Waals surface area contributed by atoms with Crippen molar-refractivity contribution in [2.75, 3.05) is 32.6 Å². The molecule has 0 saturated heterocycles. The molecular formula is C16H18ClFN2O3S. The van der Waals surface area contributed by atoms with E-state index in [0.717, 1.165) is 4.31 Å². The quantitative estimate of drug-likeness (QED) is 0.758. The Labute approximate surface area is 146 Å². The first kappa shape index (κ1) is 18.5. The second-order valence-electron chi connectivity index (χ2n) is 5.16. The lowest BCUT2D eigenvalue weighted by molar-refractivity contribution is 0.332. The summed E-state index contributed by atoms with van der Waals surface area (Å²) >= 11 is 5.68. The molecule has 5 nitrogen and oxygen atoms in total. The molecule has 2 rings (SSSR count). The molecule has 0 aromatic heterocycles. The molecule has 24 heavy (non-hydrogen) atoms. The zero-order valence-electron chi connectivity index (χ0n) is 13.3. The van der Waals surface area contributed by atoms with Crippen molar-refractivity contribution in [3.05, 3.63) is 53.3 Å². The topological polar surface area (TPSA) is 58.6 Å². The molecule has 2 aromatic carbocycles. The molecule has 0 bridgehead atoms. The Balaban J connectivity index is 1.87. The first-order valence-electron chi connectivity index (χ1n) is 7.15. The van der Waals surface area contributed by atoms with E-state index in [1.807, 2.05) is 0 Å². The van der Waals surface area contributed by atoms with Crippen LogP contribution in [0.15, 0.2) is 47.4 Å². The fraction of sp³-hybridized carbons (Fsp3) is 0.250. The summed E-state index contributed by atoms with van der Waals surface area (Å²) in [5, 5.41) is 3.24. The fourth-order valence-electron chi connectivity index (χ4n) is 1.91. The smallest absolute Gasteiger partial charge is 0.242 e. The Kier molecular flexibility index (Phi) is 6.04. The third-order valence-corrected chi connectivity index (χ3v) is 5.28.